The van der Waals surface area contributed by atoms with Gasteiger partial charge in [0, 0.05) is 19.4 Å². The Kier molecular flexibility index (Phi) is 53.1. The number of nitrogens with one attached hydrogen (secondary N) is 1. The molecule has 400 valence electrons. The van der Waals surface area contributed by atoms with Gasteiger partial charge >= 0.3 is 13.8 Å². The minimum Gasteiger partial charge on any atom is -0.463 e. The summed E-state index contributed by atoms with van der Waals surface area (Å²) in [6.45, 7) is 3.58. The summed E-state index contributed by atoms with van der Waals surface area (Å²) in [5.41, 5.74) is 0. The Morgan fingerprint density at radius 1 is 0.456 bits per heavy atom. The van der Waals surface area contributed by atoms with E-state index in [9.17, 15) is 24.2 Å². The van der Waals surface area contributed by atoms with E-state index in [1.165, 1.54) is 212 Å². The third kappa shape index (κ3) is 55.2. The number of hydrogen-bond donors (Lipinski definition) is 3. The minimum absolute atomic E-state index is 0.0809. The van der Waals surface area contributed by atoms with Gasteiger partial charge in [-0.3, -0.25) is 18.6 Å². The predicted molar refractivity (Wildman–Crippen MR) is 289 cm³/mol. The van der Waals surface area contributed by atoms with Crippen LogP contribution in [-0.4, -0.2) is 54.3 Å². The molecule has 0 spiro atoms. The quantitative estimate of drug-likeness (QED) is 0.0238. The van der Waals surface area contributed by atoms with Gasteiger partial charge < -0.3 is 20.1 Å². The van der Waals surface area contributed by atoms with Crippen LogP contribution in [-0.2, 0) is 27.9 Å². The standard InChI is InChI=1S/C58H110NO8P/c1-3-5-7-9-11-13-15-17-19-21-23-25-27-29-31-33-35-37-39-41-43-45-47-49-51-58(62)65-54-56(60)55-67-68(63,64)66-53-52-59-57(61)50-48-46-44-42-40-38-36-34-32-30-28-26-24-22-20-18-16-14-12-10-8-6-4-2/h12,14,18,20,24,26,56,60H,3-11,13,15-17,19,21-23,25,27-55H2,1-2H3,(H,59,61)(H,63,64)/b14-12-,20-18-,26-24-. The Hall–Kier alpha value is -1.77. The maximum atomic E-state index is 12.2. The second-order valence-electron chi connectivity index (χ2n) is 19.6. The van der Waals surface area contributed by atoms with Crippen LogP contribution in [0.25, 0.3) is 0 Å². The maximum absolute atomic E-state index is 12.2. The molecule has 0 aliphatic heterocycles. The van der Waals surface area contributed by atoms with Crippen LogP contribution >= 0.6 is 7.82 Å². The smallest absolute Gasteiger partial charge is 0.463 e. The number of phosphoric ester groups is 1. The molecule has 0 aliphatic rings. The van der Waals surface area contributed by atoms with Gasteiger partial charge in [-0.15, -0.1) is 0 Å². The van der Waals surface area contributed by atoms with Crippen molar-refractivity contribution < 1.29 is 37.9 Å². The average Bonchev–Trinajstić information content (AvgIpc) is 3.33. The lowest BCUT2D eigenvalue weighted by Gasteiger charge is -2.15. The third-order valence-electron chi connectivity index (χ3n) is 12.8. The Morgan fingerprint density at radius 3 is 1.22 bits per heavy atom. The van der Waals surface area contributed by atoms with Crippen LogP contribution < -0.4 is 5.32 Å². The number of esters is 1. The Morgan fingerprint density at radius 2 is 0.794 bits per heavy atom. The van der Waals surface area contributed by atoms with Crippen molar-refractivity contribution >= 4 is 19.7 Å². The van der Waals surface area contributed by atoms with Crippen LogP contribution in [0.15, 0.2) is 36.5 Å². The molecule has 0 aromatic rings. The highest BCUT2D eigenvalue weighted by Crippen LogP contribution is 2.43. The minimum atomic E-state index is -4.43. The molecule has 0 radical (unpaired) electrons. The fourth-order valence-electron chi connectivity index (χ4n) is 8.45. The van der Waals surface area contributed by atoms with Crippen molar-refractivity contribution in [2.75, 3.05) is 26.4 Å². The third-order valence-corrected chi connectivity index (χ3v) is 13.8. The lowest BCUT2D eigenvalue weighted by atomic mass is 10.0. The van der Waals surface area contributed by atoms with Crippen molar-refractivity contribution in [1.29, 1.82) is 0 Å². The van der Waals surface area contributed by atoms with Crippen LogP contribution in [0.3, 0.4) is 0 Å². The van der Waals surface area contributed by atoms with E-state index in [1.807, 2.05) is 0 Å². The predicted octanol–water partition coefficient (Wildman–Crippen LogP) is 17.6. The zero-order chi connectivity index (χ0) is 49.5. The molecule has 3 N–H and O–H groups in total. The summed E-state index contributed by atoms with van der Waals surface area (Å²) in [4.78, 5) is 34.2. The molecule has 0 aromatic carbocycles. The molecule has 2 atom stereocenters. The first-order valence-corrected chi connectivity index (χ1v) is 30.5. The Bertz CT molecular complexity index is 1210. The molecule has 0 aromatic heterocycles. The highest BCUT2D eigenvalue weighted by Gasteiger charge is 2.23. The summed E-state index contributed by atoms with van der Waals surface area (Å²) in [6, 6.07) is 0. The Balaban J connectivity index is 3.51. The zero-order valence-corrected chi connectivity index (χ0v) is 45.5. The molecular formula is C58H110NO8P. The number of amides is 1. The van der Waals surface area contributed by atoms with E-state index in [0.717, 1.165) is 51.4 Å². The number of aliphatic hydroxyl groups excluding tert-OH is 1. The number of aliphatic hydroxyl groups is 1. The van der Waals surface area contributed by atoms with Gasteiger partial charge in [0.2, 0.25) is 5.91 Å². The SMILES string of the molecule is CCCCC/C=C\C/C=C\C/C=C\CCCCCCCCCCCCC(=O)NCCOP(=O)(O)OCC(O)COC(=O)CCCCCCCCCCCCCCCCCCCCCCCCCC. The van der Waals surface area contributed by atoms with E-state index >= 15 is 0 Å². The summed E-state index contributed by atoms with van der Waals surface area (Å²) < 4.78 is 27.1. The molecule has 0 rings (SSSR count). The van der Waals surface area contributed by atoms with Crippen molar-refractivity contribution in [2.24, 2.45) is 0 Å². The van der Waals surface area contributed by atoms with Crippen molar-refractivity contribution in [3.05, 3.63) is 36.5 Å². The number of unbranched alkanes of at least 4 members (excludes halogenated alkanes) is 36. The molecule has 68 heavy (non-hydrogen) atoms. The first-order chi connectivity index (χ1) is 33.3. The van der Waals surface area contributed by atoms with E-state index in [0.29, 0.717) is 6.42 Å². The molecule has 0 saturated heterocycles. The lowest BCUT2D eigenvalue weighted by Crippen LogP contribution is -2.27. The molecule has 1 amide bonds. The molecule has 10 heteroatoms. The second-order valence-corrected chi connectivity index (χ2v) is 21.1. The van der Waals surface area contributed by atoms with E-state index in [1.54, 1.807) is 0 Å². The van der Waals surface area contributed by atoms with Gasteiger partial charge in [0.1, 0.15) is 12.7 Å². The van der Waals surface area contributed by atoms with Gasteiger partial charge in [-0.25, -0.2) is 4.57 Å². The lowest BCUT2D eigenvalue weighted by molar-refractivity contribution is -0.147. The summed E-state index contributed by atoms with van der Waals surface area (Å²) >= 11 is 0. The second kappa shape index (κ2) is 54.6. The molecule has 2 unspecified atom stereocenters. The molecule has 0 bridgehead atoms. The molecule has 0 aliphatic carbocycles. The molecule has 0 fully saturated rings. The van der Waals surface area contributed by atoms with Crippen molar-refractivity contribution in [2.45, 2.75) is 296 Å². The van der Waals surface area contributed by atoms with Crippen LogP contribution in [0.4, 0.5) is 0 Å². The fourth-order valence-corrected chi connectivity index (χ4v) is 9.21. The number of ether oxygens (including phenoxy) is 1. The summed E-state index contributed by atoms with van der Waals surface area (Å²) in [6.07, 6.45) is 65.3. The number of rotatable bonds is 55. The topological polar surface area (TPSA) is 131 Å². The normalized spacial score (nSPS) is 13.3. The van der Waals surface area contributed by atoms with Gasteiger partial charge in [-0.2, -0.15) is 0 Å². The summed E-state index contributed by atoms with van der Waals surface area (Å²) in [5.74, 6) is -0.508. The van der Waals surface area contributed by atoms with Crippen LogP contribution in [0.5, 0.6) is 0 Å². The maximum Gasteiger partial charge on any atom is 0.472 e. The first kappa shape index (κ1) is 66.2. The van der Waals surface area contributed by atoms with E-state index in [-0.39, 0.29) is 32.1 Å². The highest BCUT2D eigenvalue weighted by molar-refractivity contribution is 7.47. The van der Waals surface area contributed by atoms with Crippen molar-refractivity contribution in [3.63, 3.8) is 0 Å². The first-order valence-electron chi connectivity index (χ1n) is 29.0. The molecule has 0 heterocycles. The van der Waals surface area contributed by atoms with Gasteiger partial charge in [0.25, 0.3) is 0 Å². The monoisotopic (exact) mass is 980 g/mol. The van der Waals surface area contributed by atoms with E-state index < -0.39 is 26.5 Å². The van der Waals surface area contributed by atoms with Gasteiger partial charge in [-0.05, 0) is 51.4 Å². The molecular weight excluding hydrogens is 870 g/mol. The zero-order valence-electron chi connectivity index (χ0n) is 44.6. The van der Waals surface area contributed by atoms with Gasteiger partial charge in [-0.1, -0.05) is 262 Å². The summed E-state index contributed by atoms with van der Waals surface area (Å²) in [7, 11) is -4.43. The Labute approximate surface area is 420 Å². The van der Waals surface area contributed by atoms with E-state index in [4.69, 9.17) is 13.8 Å². The number of phosphoric acid groups is 1. The van der Waals surface area contributed by atoms with Crippen molar-refractivity contribution in [3.8, 4) is 0 Å². The van der Waals surface area contributed by atoms with Crippen LogP contribution in [0, 0.1) is 0 Å². The number of carbonyl (C=O) groups is 2. The van der Waals surface area contributed by atoms with Crippen molar-refractivity contribution in [1.82, 2.24) is 5.32 Å². The highest BCUT2D eigenvalue weighted by atomic mass is 31.2. The average molecular weight is 980 g/mol. The number of carbonyl (C=O) groups excluding carboxylic acids is 2. The number of allylic oxidation sites excluding steroid dienone is 6. The van der Waals surface area contributed by atoms with Crippen LogP contribution in [0.1, 0.15) is 290 Å². The van der Waals surface area contributed by atoms with Crippen LogP contribution in [0.2, 0.25) is 0 Å². The largest absolute Gasteiger partial charge is 0.472 e. The fraction of sp³-hybridized carbons (Fsp3) is 0.862. The molecule has 9 nitrogen and oxygen atoms in total. The number of hydrogen-bond acceptors (Lipinski definition) is 7. The van der Waals surface area contributed by atoms with E-state index in [2.05, 4.69) is 55.6 Å². The van der Waals surface area contributed by atoms with Gasteiger partial charge in [0.05, 0.1) is 13.2 Å². The summed E-state index contributed by atoms with van der Waals surface area (Å²) in [5, 5.41) is 12.8. The molecule has 0 saturated carbocycles. The van der Waals surface area contributed by atoms with Gasteiger partial charge in [0.15, 0.2) is 0 Å².